The molecule has 2 aromatic carbocycles. The van der Waals surface area contributed by atoms with Gasteiger partial charge in [-0.3, -0.25) is 14.9 Å². The van der Waals surface area contributed by atoms with Crippen LogP contribution in [0.2, 0.25) is 5.02 Å². The quantitative estimate of drug-likeness (QED) is 0.566. The van der Waals surface area contributed by atoms with E-state index in [2.05, 4.69) is 0 Å². The lowest BCUT2D eigenvalue weighted by Gasteiger charge is -2.26. The number of carbonyl (C=O) groups is 1. The Bertz CT molecular complexity index is 1000. The lowest BCUT2D eigenvalue weighted by atomic mass is 10.1. The second-order valence-corrected chi connectivity index (χ2v) is 8.16. The van der Waals surface area contributed by atoms with Gasteiger partial charge in [0, 0.05) is 29.7 Å². The van der Waals surface area contributed by atoms with Gasteiger partial charge in [0.2, 0.25) is 9.84 Å². The fraction of sp³-hybridized carbons (Fsp3) is 0.235. The van der Waals surface area contributed by atoms with Crippen LogP contribution < -0.4 is 0 Å². The summed E-state index contributed by atoms with van der Waals surface area (Å²) in [6, 6.07) is 8.82. The first-order valence-corrected chi connectivity index (χ1v) is 9.83. The number of sulfone groups is 1. The van der Waals surface area contributed by atoms with E-state index in [1.54, 1.807) is 0 Å². The molecule has 1 heterocycles. The number of nitro groups is 1. The van der Waals surface area contributed by atoms with Gasteiger partial charge in [-0.15, -0.1) is 0 Å². The zero-order chi connectivity index (χ0) is 19.6. The van der Waals surface area contributed by atoms with Crippen LogP contribution in [-0.2, 0) is 14.6 Å². The maximum atomic E-state index is 12.8. The van der Waals surface area contributed by atoms with Crippen LogP contribution in [0.15, 0.2) is 52.3 Å². The van der Waals surface area contributed by atoms with E-state index in [-0.39, 0.29) is 15.5 Å². The number of benzene rings is 2. The van der Waals surface area contributed by atoms with Crippen LogP contribution in [0.25, 0.3) is 0 Å². The van der Waals surface area contributed by atoms with E-state index >= 15 is 0 Å². The van der Waals surface area contributed by atoms with Crippen molar-refractivity contribution >= 4 is 33.0 Å². The van der Waals surface area contributed by atoms with Crippen LogP contribution in [0, 0.1) is 10.1 Å². The molecular formula is C17H15ClN2O6S. The molecule has 0 spiro atoms. The summed E-state index contributed by atoms with van der Waals surface area (Å²) in [5.74, 6) is -0.409. The second-order valence-electron chi connectivity index (χ2n) is 5.80. The normalized spacial score (nSPS) is 14.8. The van der Waals surface area contributed by atoms with Gasteiger partial charge in [0.1, 0.15) is 4.90 Å². The molecule has 1 fully saturated rings. The minimum Gasteiger partial charge on any atom is -0.378 e. The Morgan fingerprint density at radius 2 is 1.85 bits per heavy atom. The van der Waals surface area contributed by atoms with Crippen LogP contribution in [0.4, 0.5) is 5.69 Å². The third kappa shape index (κ3) is 3.95. The molecule has 27 heavy (non-hydrogen) atoms. The molecule has 0 atom stereocenters. The SMILES string of the molecule is O=C(c1ccc(S(=O)(=O)c2cccc(Cl)c2)c([N+](=O)[O-])c1)N1CCOCC1. The first-order valence-electron chi connectivity index (χ1n) is 7.97. The third-order valence-electron chi connectivity index (χ3n) is 4.10. The van der Waals surface area contributed by atoms with Gasteiger partial charge in [0.15, 0.2) is 0 Å². The molecule has 0 aromatic heterocycles. The average Bonchev–Trinajstić information content (AvgIpc) is 2.67. The minimum atomic E-state index is -4.18. The Kier molecular flexibility index (Phi) is 5.45. The first kappa shape index (κ1) is 19.3. The molecule has 1 amide bonds. The van der Waals surface area contributed by atoms with E-state index in [4.69, 9.17) is 16.3 Å². The van der Waals surface area contributed by atoms with Crippen molar-refractivity contribution in [2.45, 2.75) is 9.79 Å². The van der Waals surface area contributed by atoms with E-state index in [1.807, 2.05) is 0 Å². The summed E-state index contributed by atoms with van der Waals surface area (Å²) in [4.78, 5) is 24.1. The summed E-state index contributed by atoms with van der Waals surface area (Å²) in [5, 5.41) is 11.7. The highest BCUT2D eigenvalue weighted by atomic mass is 35.5. The number of hydrogen-bond acceptors (Lipinski definition) is 6. The van der Waals surface area contributed by atoms with Crippen LogP contribution in [-0.4, -0.2) is 50.5 Å². The van der Waals surface area contributed by atoms with Gasteiger partial charge < -0.3 is 9.64 Å². The standard InChI is InChI=1S/C17H15ClN2O6S/c18-13-2-1-3-14(11-13)27(24,25)16-5-4-12(10-15(16)20(22)23)17(21)19-6-8-26-9-7-19/h1-5,10-11H,6-9H2. The van der Waals surface area contributed by atoms with Crippen molar-refractivity contribution in [3.05, 3.63) is 63.2 Å². The number of nitrogens with zero attached hydrogens (tertiary/aromatic N) is 2. The summed E-state index contributed by atoms with van der Waals surface area (Å²) >= 11 is 5.83. The molecule has 142 valence electrons. The number of halogens is 1. The fourth-order valence-corrected chi connectivity index (χ4v) is 4.44. The van der Waals surface area contributed by atoms with Gasteiger partial charge in [-0.05, 0) is 30.3 Å². The number of hydrogen-bond donors (Lipinski definition) is 0. The van der Waals surface area contributed by atoms with Gasteiger partial charge in [-0.2, -0.15) is 0 Å². The Morgan fingerprint density at radius 3 is 2.48 bits per heavy atom. The molecule has 3 rings (SSSR count). The van der Waals surface area contributed by atoms with Crippen LogP contribution in [0.5, 0.6) is 0 Å². The largest absolute Gasteiger partial charge is 0.378 e. The van der Waals surface area contributed by atoms with Crippen molar-refractivity contribution in [1.29, 1.82) is 0 Å². The molecule has 0 saturated carbocycles. The van der Waals surface area contributed by atoms with Gasteiger partial charge >= 0.3 is 0 Å². The predicted molar refractivity (Wildman–Crippen MR) is 96.7 cm³/mol. The number of carbonyl (C=O) groups excluding carboxylic acids is 1. The molecule has 8 nitrogen and oxygen atoms in total. The molecule has 0 unspecified atom stereocenters. The number of ether oxygens (including phenoxy) is 1. The van der Waals surface area contributed by atoms with Crippen molar-refractivity contribution in [2.24, 2.45) is 0 Å². The van der Waals surface area contributed by atoms with Crippen LogP contribution in [0.1, 0.15) is 10.4 Å². The van der Waals surface area contributed by atoms with Crippen LogP contribution >= 0.6 is 11.6 Å². The van der Waals surface area contributed by atoms with Crippen molar-refractivity contribution in [3.8, 4) is 0 Å². The van der Waals surface area contributed by atoms with Crippen molar-refractivity contribution in [2.75, 3.05) is 26.3 Å². The van der Waals surface area contributed by atoms with E-state index in [0.717, 1.165) is 12.1 Å². The Labute approximate surface area is 160 Å². The Balaban J connectivity index is 2.04. The lowest BCUT2D eigenvalue weighted by Crippen LogP contribution is -2.40. The molecule has 0 aliphatic carbocycles. The van der Waals surface area contributed by atoms with Gasteiger partial charge in [0.05, 0.1) is 23.0 Å². The van der Waals surface area contributed by atoms with Crippen molar-refractivity contribution < 1.29 is 22.9 Å². The highest BCUT2D eigenvalue weighted by Gasteiger charge is 2.30. The third-order valence-corrected chi connectivity index (χ3v) is 6.13. The fourth-order valence-electron chi connectivity index (χ4n) is 2.73. The molecule has 10 heteroatoms. The zero-order valence-electron chi connectivity index (χ0n) is 14.0. The summed E-state index contributed by atoms with van der Waals surface area (Å²) in [6.07, 6.45) is 0. The summed E-state index contributed by atoms with van der Waals surface area (Å²) in [6.45, 7) is 1.51. The second kappa shape index (κ2) is 7.63. The summed E-state index contributed by atoms with van der Waals surface area (Å²) < 4.78 is 30.8. The molecule has 1 saturated heterocycles. The predicted octanol–water partition coefficient (Wildman–Crippen LogP) is 2.55. The highest BCUT2D eigenvalue weighted by Crippen LogP contribution is 2.31. The Hall–Kier alpha value is -2.49. The van der Waals surface area contributed by atoms with E-state index in [1.165, 1.54) is 35.2 Å². The maximum absolute atomic E-state index is 12.8. The summed E-state index contributed by atoms with van der Waals surface area (Å²) in [5.41, 5.74) is -0.609. The van der Waals surface area contributed by atoms with Gasteiger partial charge in [-0.25, -0.2) is 8.42 Å². The van der Waals surface area contributed by atoms with Crippen molar-refractivity contribution in [1.82, 2.24) is 4.90 Å². The zero-order valence-corrected chi connectivity index (χ0v) is 15.6. The smallest absolute Gasteiger partial charge is 0.289 e. The number of amides is 1. The number of nitro benzene ring substituents is 1. The van der Waals surface area contributed by atoms with Crippen LogP contribution in [0.3, 0.4) is 0 Å². The minimum absolute atomic E-state index is 0.0497. The Morgan fingerprint density at radius 1 is 1.15 bits per heavy atom. The van der Waals surface area contributed by atoms with Gasteiger partial charge in [-0.1, -0.05) is 17.7 Å². The molecule has 1 aliphatic rings. The average molecular weight is 411 g/mol. The van der Waals surface area contributed by atoms with E-state index < -0.39 is 31.3 Å². The topological polar surface area (TPSA) is 107 Å². The maximum Gasteiger partial charge on any atom is 0.289 e. The molecule has 0 radical (unpaired) electrons. The van der Waals surface area contributed by atoms with Crippen molar-refractivity contribution in [3.63, 3.8) is 0 Å². The number of rotatable bonds is 4. The van der Waals surface area contributed by atoms with E-state index in [0.29, 0.717) is 26.3 Å². The molecule has 2 aromatic rings. The van der Waals surface area contributed by atoms with E-state index in [9.17, 15) is 23.3 Å². The lowest BCUT2D eigenvalue weighted by molar-refractivity contribution is -0.387. The molecule has 1 aliphatic heterocycles. The van der Waals surface area contributed by atoms with Gasteiger partial charge in [0.25, 0.3) is 11.6 Å². The molecular weight excluding hydrogens is 396 g/mol. The monoisotopic (exact) mass is 410 g/mol. The highest BCUT2D eigenvalue weighted by molar-refractivity contribution is 7.91. The first-order chi connectivity index (χ1) is 12.8. The number of morpholine rings is 1. The summed E-state index contributed by atoms with van der Waals surface area (Å²) in [7, 11) is -4.18. The molecule has 0 N–H and O–H groups in total. The molecule has 0 bridgehead atoms.